The molecule has 0 spiro atoms. The first-order valence-electron chi connectivity index (χ1n) is 6.87. The molecule has 0 fully saturated rings. The summed E-state index contributed by atoms with van der Waals surface area (Å²) < 4.78 is 11.1. The topological polar surface area (TPSA) is 68.3 Å². The van der Waals surface area contributed by atoms with Gasteiger partial charge < -0.3 is 15.2 Å². The molecule has 0 aliphatic heterocycles. The molecule has 110 valence electrons. The first-order chi connectivity index (χ1) is 10.2. The Labute approximate surface area is 125 Å². The lowest BCUT2D eigenvalue weighted by Gasteiger charge is -2.12. The van der Waals surface area contributed by atoms with Crippen molar-refractivity contribution in [1.29, 1.82) is 5.41 Å². The molecule has 0 aliphatic carbocycles. The van der Waals surface area contributed by atoms with Crippen molar-refractivity contribution in [3.05, 3.63) is 59.2 Å². The van der Waals surface area contributed by atoms with E-state index in [0.717, 1.165) is 17.7 Å². The maximum Gasteiger partial charge on any atom is 0.130 e. The number of methoxy groups -OCH3 is 1. The van der Waals surface area contributed by atoms with Gasteiger partial charge in [-0.2, -0.15) is 0 Å². The molecule has 21 heavy (non-hydrogen) atoms. The van der Waals surface area contributed by atoms with Gasteiger partial charge in [-0.15, -0.1) is 0 Å². The molecule has 0 unspecified atom stereocenters. The van der Waals surface area contributed by atoms with Gasteiger partial charge in [-0.25, -0.2) is 0 Å². The number of ether oxygens (including phenoxy) is 2. The van der Waals surface area contributed by atoms with E-state index in [1.165, 1.54) is 5.56 Å². The predicted octanol–water partition coefficient (Wildman–Crippen LogP) is 3.12. The minimum Gasteiger partial charge on any atom is -0.496 e. The average molecular weight is 284 g/mol. The summed E-state index contributed by atoms with van der Waals surface area (Å²) in [4.78, 5) is 0. The lowest BCUT2D eigenvalue weighted by atomic mass is 10.1. The maximum absolute atomic E-state index is 7.51. The van der Waals surface area contributed by atoms with Crippen LogP contribution in [0, 0.1) is 5.41 Å². The molecule has 2 aromatic carbocycles. The molecule has 0 atom stereocenters. The van der Waals surface area contributed by atoms with Gasteiger partial charge in [0, 0.05) is 0 Å². The minimum atomic E-state index is -0.00403. The molecule has 0 bridgehead atoms. The van der Waals surface area contributed by atoms with Crippen LogP contribution in [0.3, 0.4) is 0 Å². The van der Waals surface area contributed by atoms with Crippen molar-refractivity contribution in [3.63, 3.8) is 0 Å². The number of benzene rings is 2. The fourth-order valence-corrected chi connectivity index (χ4v) is 2.15. The number of hydrogen-bond acceptors (Lipinski definition) is 3. The number of rotatable bonds is 6. The van der Waals surface area contributed by atoms with E-state index in [1.807, 2.05) is 30.3 Å². The van der Waals surface area contributed by atoms with E-state index in [9.17, 15) is 0 Å². The highest BCUT2D eigenvalue weighted by Crippen LogP contribution is 2.23. The fraction of sp³-hybridized carbons (Fsp3) is 0.235. The second-order valence-corrected chi connectivity index (χ2v) is 4.70. The minimum absolute atomic E-state index is 0.00403. The summed E-state index contributed by atoms with van der Waals surface area (Å²) in [6.07, 6.45) is 0.933. The van der Waals surface area contributed by atoms with E-state index in [1.54, 1.807) is 13.2 Å². The predicted molar refractivity (Wildman–Crippen MR) is 84.2 cm³/mol. The molecule has 2 aromatic rings. The third-order valence-electron chi connectivity index (χ3n) is 3.30. The van der Waals surface area contributed by atoms with Gasteiger partial charge in [-0.3, -0.25) is 5.41 Å². The molecule has 4 heteroatoms. The Bertz CT molecular complexity index is 638. The molecular formula is C17H20N2O2. The number of nitrogens with one attached hydrogen (secondary N) is 1. The first kappa shape index (κ1) is 14.9. The van der Waals surface area contributed by atoms with Gasteiger partial charge in [0.25, 0.3) is 0 Å². The smallest absolute Gasteiger partial charge is 0.130 e. The number of nitrogens with two attached hydrogens (primary N) is 1. The molecule has 0 radical (unpaired) electrons. The summed E-state index contributed by atoms with van der Waals surface area (Å²) in [5.74, 6) is 1.48. The fourth-order valence-electron chi connectivity index (χ4n) is 2.15. The summed E-state index contributed by atoms with van der Waals surface area (Å²) in [6, 6.07) is 13.5. The number of nitrogen functional groups attached to an aromatic ring is 1. The molecule has 0 saturated heterocycles. The Morgan fingerprint density at radius 1 is 1.14 bits per heavy atom. The normalized spacial score (nSPS) is 10.2. The maximum atomic E-state index is 7.51. The third kappa shape index (κ3) is 3.54. The van der Waals surface area contributed by atoms with E-state index in [0.29, 0.717) is 17.9 Å². The summed E-state index contributed by atoms with van der Waals surface area (Å²) >= 11 is 0. The molecule has 0 aliphatic rings. The van der Waals surface area contributed by atoms with Crippen molar-refractivity contribution in [3.8, 4) is 11.5 Å². The van der Waals surface area contributed by atoms with Crippen LogP contribution in [0.1, 0.15) is 23.6 Å². The Hall–Kier alpha value is -2.49. The second-order valence-electron chi connectivity index (χ2n) is 4.70. The average Bonchev–Trinajstić information content (AvgIpc) is 2.52. The van der Waals surface area contributed by atoms with E-state index in [4.69, 9.17) is 20.6 Å². The van der Waals surface area contributed by atoms with E-state index in [2.05, 4.69) is 13.0 Å². The first-order valence-corrected chi connectivity index (χ1v) is 6.87. The number of aryl methyl sites for hydroxylation is 1. The summed E-state index contributed by atoms with van der Waals surface area (Å²) in [5.41, 5.74) is 8.27. The molecule has 0 saturated carbocycles. The zero-order chi connectivity index (χ0) is 15.2. The van der Waals surface area contributed by atoms with Crippen LogP contribution in [0.5, 0.6) is 11.5 Å². The van der Waals surface area contributed by atoms with Gasteiger partial charge >= 0.3 is 0 Å². The second kappa shape index (κ2) is 6.79. The van der Waals surface area contributed by atoms with Gasteiger partial charge in [0.05, 0.1) is 12.7 Å². The van der Waals surface area contributed by atoms with Crippen LogP contribution in [0.25, 0.3) is 0 Å². The van der Waals surface area contributed by atoms with Crippen LogP contribution < -0.4 is 15.2 Å². The van der Waals surface area contributed by atoms with Gasteiger partial charge in [0.15, 0.2) is 0 Å². The number of para-hydroxylation sites is 1. The van der Waals surface area contributed by atoms with Crippen molar-refractivity contribution >= 4 is 5.84 Å². The molecule has 0 heterocycles. The largest absolute Gasteiger partial charge is 0.496 e. The number of amidine groups is 1. The molecule has 4 nitrogen and oxygen atoms in total. The summed E-state index contributed by atoms with van der Waals surface area (Å²) in [5, 5.41) is 7.51. The van der Waals surface area contributed by atoms with Crippen molar-refractivity contribution in [2.24, 2.45) is 5.73 Å². The Morgan fingerprint density at radius 2 is 1.90 bits per heavy atom. The molecule has 3 N–H and O–H groups in total. The van der Waals surface area contributed by atoms with Crippen LogP contribution in [-0.4, -0.2) is 12.9 Å². The Morgan fingerprint density at radius 3 is 2.57 bits per heavy atom. The zero-order valence-corrected chi connectivity index (χ0v) is 12.3. The van der Waals surface area contributed by atoms with Crippen LogP contribution >= 0.6 is 0 Å². The Kier molecular flexibility index (Phi) is 4.82. The van der Waals surface area contributed by atoms with Crippen LogP contribution in [0.4, 0.5) is 0 Å². The summed E-state index contributed by atoms with van der Waals surface area (Å²) in [6.45, 7) is 2.55. The summed E-state index contributed by atoms with van der Waals surface area (Å²) in [7, 11) is 1.57. The highest BCUT2D eigenvalue weighted by molar-refractivity contribution is 5.97. The van der Waals surface area contributed by atoms with Crippen molar-refractivity contribution in [1.82, 2.24) is 0 Å². The standard InChI is InChI=1S/C17H20N2O2/c1-3-13-6-4-5-7-15(13)21-11-12-8-9-14(17(18)19)16(10-12)20-2/h4-10H,3,11H2,1-2H3,(H3,18,19). The third-order valence-corrected chi connectivity index (χ3v) is 3.30. The van der Waals surface area contributed by atoms with Gasteiger partial charge in [-0.05, 0) is 35.7 Å². The zero-order valence-electron chi connectivity index (χ0n) is 12.3. The van der Waals surface area contributed by atoms with E-state index in [-0.39, 0.29) is 5.84 Å². The van der Waals surface area contributed by atoms with Gasteiger partial charge in [-0.1, -0.05) is 31.2 Å². The monoisotopic (exact) mass is 284 g/mol. The van der Waals surface area contributed by atoms with Gasteiger partial charge in [0.1, 0.15) is 23.9 Å². The van der Waals surface area contributed by atoms with Crippen LogP contribution in [0.15, 0.2) is 42.5 Å². The van der Waals surface area contributed by atoms with Crippen LogP contribution in [0.2, 0.25) is 0 Å². The lowest BCUT2D eigenvalue weighted by Crippen LogP contribution is -2.12. The highest BCUT2D eigenvalue weighted by atomic mass is 16.5. The quantitative estimate of drug-likeness (QED) is 0.632. The lowest BCUT2D eigenvalue weighted by molar-refractivity contribution is 0.302. The molecular weight excluding hydrogens is 264 g/mol. The van der Waals surface area contributed by atoms with Crippen molar-refractivity contribution in [2.45, 2.75) is 20.0 Å². The van der Waals surface area contributed by atoms with E-state index < -0.39 is 0 Å². The van der Waals surface area contributed by atoms with E-state index >= 15 is 0 Å². The van der Waals surface area contributed by atoms with Crippen LogP contribution in [-0.2, 0) is 13.0 Å². The molecule has 0 aromatic heterocycles. The SMILES string of the molecule is CCc1ccccc1OCc1ccc(C(=N)N)c(OC)c1. The number of hydrogen-bond donors (Lipinski definition) is 2. The molecule has 2 rings (SSSR count). The van der Waals surface area contributed by atoms with Crippen molar-refractivity contribution < 1.29 is 9.47 Å². The molecule has 0 amide bonds. The Balaban J connectivity index is 2.15. The highest BCUT2D eigenvalue weighted by Gasteiger charge is 2.08. The van der Waals surface area contributed by atoms with Gasteiger partial charge in [0.2, 0.25) is 0 Å². The van der Waals surface area contributed by atoms with Crippen molar-refractivity contribution in [2.75, 3.05) is 7.11 Å².